The van der Waals surface area contributed by atoms with Gasteiger partial charge in [0, 0.05) is 23.4 Å². The van der Waals surface area contributed by atoms with Crippen LogP contribution in [-0.2, 0) is 44.3 Å². The van der Waals surface area contributed by atoms with Gasteiger partial charge < -0.3 is 14.0 Å². The highest BCUT2D eigenvalue weighted by molar-refractivity contribution is 7.98. The number of aromatic nitrogens is 5. The smallest absolute Gasteiger partial charge is 0.316 e. The number of piperidine rings is 1. The minimum absolute atomic E-state index is 0.186. The molecule has 7 nitrogen and oxygen atoms in total. The topological polar surface area (TPSA) is 68.8 Å². The summed E-state index contributed by atoms with van der Waals surface area (Å²) in [6.45, 7) is 4.33. The maximum Gasteiger partial charge on any atom is 0.416 e. The summed E-state index contributed by atoms with van der Waals surface area (Å²) in [4.78, 5) is 20.2. The van der Waals surface area contributed by atoms with Gasteiger partial charge in [-0.05, 0) is 111 Å². The summed E-state index contributed by atoms with van der Waals surface area (Å²) in [5.41, 5.74) is 4.38. The molecular formula is C40H42F4N6OS. The second-order valence-electron chi connectivity index (χ2n) is 13.7. The van der Waals surface area contributed by atoms with Gasteiger partial charge in [-0.2, -0.15) is 18.2 Å². The second kappa shape index (κ2) is 16.2. The van der Waals surface area contributed by atoms with Gasteiger partial charge in [0.05, 0.1) is 18.7 Å². The molecule has 272 valence electrons. The third kappa shape index (κ3) is 8.66. The predicted molar refractivity (Wildman–Crippen MR) is 195 cm³/mol. The van der Waals surface area contributed by atoms with Crippen LogP contribution in [0.4, 0.5) is 17.6 Å². The van der Waals surface area contributed by atoms with Crippen LogP contribution in [0.25, 0.3) is 11.1 Å². The number of hydrogen-bond donors (Lipinski definition) is 0. The van der Waals surface area contributed by atoms with E-state index in [0.717, 1.165) is 90.4 Å². The zero-order chi connectivity index (χ0) is 36.1. The van der Waals surface area contributed by atoms with E-state index in [1.807, 2.05) is 24.3 Å². The van der Waals surface area contributed by atoms with Crippen molar-refractivity contribution >= 4 is 11.8 Å². The molecule has 0 amide bonds. The number of hydrogen-bond acceptors (Lipinski definition) is 6. The lowest BCUT2D eigenvalue weighted by Crippen LogP contribution is -2.30. The molecule has 3 aromatic carbocycles. The zero-order valence-corrected chi connectivity index (χ0v) is 29.9. The first-order chi connectivity index (χ1) is 25.2. The van der Waals surface area contributed by atoms with E-state index >= 15 is 0 Å². The Morgan fingerprint density at radius 1 is 0.712 bits per heavy atom. The monoisotopic (exact) mass is 730 g/mol. The largest absolute Gasteiger partial charge is 0.416 e. The molecule has 12 heteroatoms. The molecule has 0 unspecified atom stereocenters. The van der Waals surface area contributed by atoms with Crippen molar-refractivity contribution in [2.45, 2.75) is 88.0 Å². The molecule has 1 saturated heterocycles. The summed E-state index contributed by atoms with van der Waals surface area (Å²) in [7, 11) is 0. The molecule has 52 heavy (non-hydrogen) atoms. The highest BCUT2D eigenvalue weighted by Gasteiger charge is 2.30. The average molecular weight is 731 g/mol. The van der Waals surface area contributed by atoms with Crippen molar-refractivity contribution in [1.82, 2.24) is 29.2 Å². The number of halogens is 4. The van der Waals surface area contributed by atoms with E-state index in [9.17, 15) is 22.4 Å². The van der Waals surface area contributed by atoms with Crippen LogP contribution in [0.3, 0.4) is 0 Å². The third-order valence-electron chi connectivity index (χ3n) is 10.1. The Morgan fingerprint density at radius 3 is 2.10 bits per heavy atom. The lowest BCUT2D eigenvalue weighted by Gasteiger charge is -2.26. The van der Waals surface area contributed by atoms with Gasteiger partial charge in [0.1, 0.15) is 11.6 Å². The standard InChI is InChI=1S/C40H42F4N6OS/c41-33-20-12-29(13-21-33)27-52-39-45-38(51)34-7-6-8-35(34)49(39)26-37-47-46-36(9-2-5-24-48-22-3-1-4-23-48)50(37)25-28-10-14-30(15-11-28)31-16-18-32(19-17-31)40(42,43)44/h10-21H,1-9,22-27H2. The first-order valence-electron chi connectivity index (χ1n) is 18.1. The van der Waals surface area contributed by atoms with Crippen molar-refractivity contribution in [2.75, 3.05) is 19.6 Å². The molecule has 5 aromatic rings. The van der Waals surface area contributed by atoms with Gasteiger partial charge in [0.15, 0.2) is 11.0 Å². The van der Waals surface area contributed by atoms with Crippen LogP contribution < -0.4 is 5.56 Å². The molecule has 1 aliphatic heterocycles. The summed E-state index contributed by atoms with van der Waals surface area (Å²) < 4.78 is 57.2. The van der Waals surface area contributed by atoms with Gasteiger partial charge in [0.2, 0.25) is 0 Å². The number of fused-ring (bicyclic) bond motifs is 1. The van der Waals surface area contributed by atoms with E-state index in [0.29, 0.717) is 36.0 Å². The molecular weight excluding hydrogens is 689 g/mol. The molecule has 0 saturated carbocycles. The summed E-state index contributed by atoms with van der Waals surface area (Å²) in [5.74, 6) is 1.90. The fourth-order valence-corrected chi connectivity index (χ4v) is 8.19. The Kier molecular flexibility index (Phi) is 11.2. The number of thioether (sulfide) groups is 1. The number of likely N-dealkylation sites (tertiary alicyclic amines) is 1. The van der Waals surface area contributed by atoms with Crippen molar-refractivity contribution in [2.24, 2.45) is 0 Å². The number of nitrogens with zero attached hydrogens (tertiary/aromatic N) is 6. The quantitative estimate of drug-likeness (QED) is 0.0526. The molecule has 0 bridgehead atoms. The highest BCUT2D eigenvalue weighted by atomic mass is 32.2. The molecule has 1 fully saturated rings. The normalized spacial score (nSPS) is 14.9. The number of rotatable bonds is 13. The highest BCUT2D eigenvalue weighted by Crippen LogP contribution is 2.32. The van der Waals surface area contributed by atoms with Gasteiger partial charge in [-0.25, -0.2) is 4.39 Å². The number of unbranched alkanes of at least 4 members (excludes halogenated alkanes) is 1. The van der Waals surface area contributed by atoms with Crippen molar-refractivity contribution in [3.8, 4) is 11.1 Å². The molecule has 2 aromatic heterocycles. The molecule has 0 atom stereocenters. The number of alkyl halides is 3. The molecule has 0 radical (unpaired) electrons. The van der Waals surface area contributed by atoms with Crippen molar-refractivity contribution in [3.05, 3.63) is 129 Å². The Morgan fingerprint density at radius 2 is 1.38 bits per heavy atom. The average Bonchev–Trinajstić information content (AvgIpc) is 3.80. The summed E-state index contributed by atoms with van der Waals surface area (Å²) in [6, 6.07) is 19.4. The predicted octanol–water partition coefficient (Wildman–Crippen LogP) is 8.35. The Bertz CT molecular complexity index is 2020. The van der Waals surface area contributed by atoms with Crippen LogP contribution >= 0.6 is 11.8 Å². The first kappa shape index (κ1) is 36.1. The molecule has 0 N–H and O–H groups in total. The van der Waals surface area contributed by atoms with Crippen LogP contribution in [-0.4, -0.2) is 48.8 Å². The third-order valence-corrected chi connectivity index (χ3v) is 11.1. The van der Waals surface area contributed by atoms with E-state index in [2.05, 4.69) is 19.0 Å². The fraction of sp³-hybridized carbons (Fsp3) is 0.400. The van der Waals surface area contributed by atoms with E-state index in [-0.39, 0.29) is 11.4 Å². The van der Waals surface area contributed by atoms with Gasteiger partial charge in [-0.1, -0.05) is 66.7 Å². The van der Waals surface area contributed by atoms with Crippen LogP contribution in [0.5, 0.6) is 0 Å². The fourth-order valence-electron chi connectivity index (χ4n) is 7.22. The maximum absolute atomic E-state index is 13.6. The van der Waals surface area contributed by atoms with Gasteiger partial charge in [-0.3, -0.25) is 4.79 Å². The number of benzene rings is 3. The van der Waals surface area contributed by atoms with E-state index in [1.54, 1.807) is 12.1 Å². The van der Waals surface area contributed by atoms with Crippen LogP contribution in [0.2, 0.25) is 0 Å². The van der Waals surface area contributed by atoms with E-state index in [4.69, 9.17) is 10.2 Å². The first-order valence-corrected chi connectivity index (χ1v) is 19.1. The molecule has 0 spiro atoms. The Hall–Kier alpha value is -4.29. The Balaban J connectivity index is 1.15. The van der Waals surface area contributed by atoms with E-state index in [1.165, 1.54) is 68.4 Å². The maximum atomic E-state index is 13.6. The lowest BCUT2D eigenvalue weighted by molar-refractivity contribution is -0.137. The summed E-state index contributed by atoms with van der Waals surface area (Å²) >= 11 is 1.46. The zero-order valence-electron chi connectivity index (χ0n) is 29.0. The summed E-state index contributed by atoms with van der Waals surface area (Å²) in [5, 5.41) is 10.0. The Labute approximate surface area is 305 Å². The van der Waals surface area contributed by atoms with Gasteiger partial charge in [0.25, 0.3) is 5.56 Å². The lowest BCUT2D eigenvalue weighted by atomic mass is 10.0. The molecule has 1 aliphatic carbocycles. The number of aryl methyl sites for hydroxylation is 1. The second-order valence-corrected chi connectivity index (χ2v) is 14.7. The van der Waals surface area contributed by atoms with Crippen molar-refractivity contribution in [1.29, 1.82) is 0 Å². The van der Waals surface area contributed by atoms with Gasteiger partial charge >= 0.3 is 6.18 Å². The van der Waals surface area contributed by atoms with Crippen LogP contribution in [0.1, 0.15) is 78.1 Å². The molecule has 3 heterocycles. The molecule has 2 aliphatic rings. The minimum atomic E-state index is -4.38. The van der Waals surface area contributed by atoms with E-state index < -0.39 is 11.7 Å². The van der Waals surface area contributed by atoms with Crippen LogP contribution in [0.15, 0.2) is 82.7 Å². The SMILES string of the molecule is O=c1nc(SCc2ccc(F)cc2)n(Cc2nnc(CCCCN3CCCCC3)n2Cc2ccc(-c3ccc(C(F)(F)F)cc3)cc2)c2c1CCC2. The van der Waals surface area contributed by atoms with Crippen LogP contribution in [0, 0.1) is 5.82 Å². The van der Waals surface area contributed by atoms with Crippen molar-refractivity contribution < 1.29 is 17.6 Å². The minimum Gasteiger partial charge on any atom is -0.316 e. The van der Waals surface area contributed by atoms with Crippen molar-refractivity contribution in [3.63, 3.8) is 0 Å². The van der Waals surface area contributed by atoms with Gasteiger partial charge in [-0.15, -0.1) is 10.2 Å². The molecule has 7 rings (SSSR count). The summed E-state index contributed by atoms with van der Waals surface area (Å²) in [6.07, 6.45) is 4.67.